The molecule has 1 aliphatic heterocycles. The first-order valence-electron chi connectivity index (χ1n) is 9.58. The first-order valence-corrected chi connectivity index (χ1v) is 9.96. The van der Waals surface area contributed by atoms with Crippen LogP contribution in [0.5, 0.6) is 0 Å². The highest BCUT2D eigenvalue weighted by Crippen LogP contribution is 2.28. The molecule has 0 radical (unpaired) electrons. The number of hydrogen-bond acceptors (Lipinski definition) is 6. The lowest BCUT2D eigenvalue weighted by Crippen LogP contribution is -2.36. The molecular formula is C20H22ClN5O3. The van der Waals surface area contributed by atoms with Crippen molar-refractivity contribution in [2.75, 3.05) is 23.3 Å². The van der Waals surface area contributed by atoms with Crippen LogP contribution in [0.1, 0.15) is 25.7 Å². The maximum absolute atomic E-state index is 12.5. The summed E-state index contributed by atoms with van der Waals surface area (Å²) < 4.78 is 6.62. The molecule has 3 heterocycles. The number of nitrogens with zero attached hydrogens (tertiary/aromatic N) is 4. The van der Waals surface area contributed by atoms with E-state index in [1.54, 1.807) is 25.1 Å². The standard InChI is InChI=1S/C20H22ClN5O3/c1-12-5-7-25(8-6-12)17-3-4-19(28)26(24-17)11-18(27)23-14-9-15(21)20-16(10-14)22-13(2)29-20/h3-4,9-10,12H,5-8,11H2,1-2H3,(H,23,27). The van der Waals surface area contributed by atoms with Crippen LogP contribution in [0.3, 0.4) is 0 Å². The van der Waals surface area contributed by atoms with Gasteiger partial charge in [-0.3, -0.25) is 9.59 Å². The van der Waals surface area contributed by atoms with Crippen LogP contribution in [0.15, 0.2) is 33.5 Å². The van der Waals surface area contributed by atoms with Crippen LogP contribution >= 0.6 is 11.6 Å². The van der Waals surface area contributed by atoms with E-state index in [1.165, 1.54) is 10.7 Å². The lowest BCUT2D eigenvalue weighted by molar-refractivity contribution is -0.117. The van der Waals surface area contributed by atoms with Crippen molar-refractivity contribution >= 4 is 40.1 Å². The lowest BCUT2D eigenvalue weighted by atomic mass is 9.99. The number of amides is 1. The number of piperidine rings is 1. The minimum absolute atomic E-state index is 0.190. The molecule has 0 bridgehead atoms. The number of carbonyl (C=O) groups is 1. The van der Waals surface area contributed by atoms with Crippen molar-refractivity contribution in [2.24, 2.45) is 5.92 Å². The zero-order valence-corrected chi connectivity index (χ0v) is 17.1. The molecule has 9 heteroatoms. The maximum Gasteiger partial charge on any atom is 0.267 e. The summed E-state index contributed by atoms with van der Waals surface area (Å²) in [4.78, 5) is 31.1. The Kier molecular flexibility index (Phi) is 5.27. The van der Waals surface area contributed by atoms with Crippen molar-refractivity contribution in [3.8, 4) is 0 Å². The molecule has 1 N–H and O–H groups in total. The molecule has 1 fully saturated rings. The number of nitrogens with one attached hydrogen (secondary N) is 1. The van der Waals surface area contributed by atoms with Crippen molar-refractivity contribution in [1.29, 1.82) is 0 Å². The fraction of sp³-hybridized carbons (Fsp3) is 0.400. The predicted octanol–water partition coefficient (Wildman–Crippen LogP) is 3.22. The number of carbonyl (C=O) groups excluding carboxylic acids is 1. The Bertz CT molecular complexity index is 1110. The molecule has 0 atom stereocenters. The molecule has 1 amide bonds. The van der Waals surface area contributed by atoms with E-state index in [1.807, 2.05) is 0 Å². The number of aromatic nitrogens is 3. The molecule has 0 unspecified atom stereocenters. The van der Waals surface area contributed by atoms with Crippen molar-refractivity contribution in [2.45, 2.75) is 33.2 Å². The fourth-order valence-electron chi connectivity index (χ4n) is 3.47. The molecule has 8 nitrogen and oxygen atoms in total. The van der Waals surface area contributed by atoms with E-state index < -0.39 is 0 Å². The largest absolute Gasteiger partial charge is 0.439 e. The van der Waals surface area contributed by atoms with Gasteiger partial charge in [0, 0.05) is 31.8 Å². The summed E-state index contributed by atoms with van der Waals surface area (Å²) in [5.74, 6) is 1.53. The van der Waals surface area contributed by atoms with Crippen molar-refractivity contribution in [3.05, 3.63) is 45.5 Å². The Morgan fingerprint density at radius 2 is 2.07 bits per heavy atom. The quantitative estimate of drug-likeness (QED) is 0.703. The molecule has 152 valence electrons. The van der Waals surface area contributed by atoms with Crippen LogP contribution in [-0.4, -0.2) is 33.8 Å². The Labute approximate surface area is 172 Å². The molecule has 4 rings (SSSR count). The van der Waals surface area contributed by atoms with Crippen molar-refractivity contribution in [3.63, 3.8) is 0 Å². The molecule has 0 spiro atoms. The van der Waals surface area contributed by atoms with Gasteiger partial charge >= 0.3 is 0 Å². The van der Waals surface area contributed by atoms with Gasteiger partial charge in [-0.25, -0.2) is 9.67 Å². The van der Waals surface area contributed by atoms with E-state index >= 15 is 0 Å². The third kappa shape index (κ3) is 4.27. The normalized spacial score (nSPS) is 15.1. The molecule has 29 heavy (non-hydrogen) atoms. The highest BCUT2D eigenvalue weighted by Gasteiger charge is 2.18. The highest BCUT2D eigenvalue weighted by atomic mass is 35.5. The zero-order chi connectivity index (χ0) is 20.5. The lowest BCUT2D eigenvalue weighted by Gasteiger charge is -2.31. The summed E-state index contributed by atoms with van der Waals surface area (Å²) in [6, 6.07) is 6.44. The minimum atomic E-state index is -0.375. The van der Waals surface area contributed by atoms with Crippen LogP contribution in [0.2, 0.25) is 5.02 Å². The second-order valence-electron chi connectivity index (χ2n) is 7.44. The number of anilines is 2. The molecular weight excluding hydrogens is 394 g/mol. The van der Waals surface area contributed by atoms with E-state index in [-0.39, 0.29) is 18.0 Å². The molecule has 1 aliphatic rings. The Morgan fingerprint density at radius 1 is 1.31 bits per heavy atom. The van der Waals surface area contributed by atoms with Gasteiger partial charge in [-0.2, -0.15) is 5.10 Å². The summed E-state index contributed by atoms with van der Waals surface area (Å²) >= 11 is 6.20. The molecule has 3 aromatic rings. The fourth-order valence-corrected chi connectivity index (χ4v) is 3.72. The summed E-state index contributed by atoms with van der Waals surface area (Å²) in [7, 11) is 0. The van der Waals surface area contributed by atoms with E-state index in [0.717, 1.165) is 25.9 Å². The molecule has 1 aromatic carbocycles. The number of hydrogen-bond donors (Lipinski definition) is 1. The second-order valence-corrected chi connectivity index (χ2v) is 7.85. The molecule has 2 aromatic heterocycles. The predicted molar refractivity (Wildman–Crippen MR) is 111 cm³/mol. The average Bonchev–Trinajstić information content (AvgIpc) is 3.05. The van der Waals surface area contributed by atoms with Crippen molar-refractivity contribution < 1.29 is 9.21 Å². The number of benzene rings is 1. The van der Waals surface area contributed by atoms with E-state index in [0.29, 0.717) is 39.4 Å². The zero-order valence-electron chi connectivity index (χ0n) is 16.3. The highest BCUT2D eigenvalue weighted by molar-refractivity contribution is 6.35. The van der Waals surface area contributed by atoms with Crippen LogP contribution in [0, 0.1) is 12.8 Å². The van der Waals surface area contributed by atoms with Gasteiger partial charge in [0.15, 0.2) is 11.5 Å². The number of fused-ring (bicyclic) bond motifs is 1. The minimum Gasteiger partial charge on any atom is -0.439 e. The summed E-state index contributed by atoms with van der Waals surface area (Å²) in [6.45, 7) is 5.56. The number of oxazole rings is 1. The third-order valence-electron chi connectivity index (χ3n) is 5.09. The van der Waals surface area contributed by atoms with Crippen LogP contribution in [-0.2, 0) is 11.3 Å². The van der Waals surface area contributed by atoms with Gasteiger partial charge in [-0.1, -0.05) is 18.5 Å². The van der Waals surface area contributed by atoms with E-state index in [9.17, 15) is 9.59 Å². The molecule has 0 saturated carbocycles. The first-order chi connectivity index (χ1) is 13.9. The first kappa shape index (κ1) is 19.4. The average molecular weight is 416 g/mol. The van der Waals surface area contributed by atoms with Crippen molar-refractivity contribution in [1.82, 2.24) is 14.8 Å². The Balaban J connectivity index is 1.49. The second kappa shape index (κ2) is 7.87. The van der Waals surface area contributed by atoms with Crippen LogP contribution in [0.25, 0.3) is 11.1 Å². The maximum atomic E-state index is 12.5. The summed E-state index contributed by atoms with van der Waals surface area (Å²) in [5.41, 5.74) is 1.19. The summed E-state index contributed by atoms with van der Waals surface area (Å²) in [5, 5.41) is 7.49. The third-order valence-corrected chi connectivity index (χ3v) is 5.37. The van der Waals surface area contributed by atoms with Gasteiger partial charge in [0.05, 0.1) is 5.02 Å². The molecule has 0 aliphatic carbocycles. The smallest absolute Gasteiger partial charge is 0.267 e. The van der Waals surface area contributed by atoms with Gasteiger partial charge in [-0.15, -0.1) is 0 Å². The van der Waals surface area contributed by atoms with E-state index in [2.05, 4.69) is 27.2 Å². The Morgan fingerprint density at radius 3 is 2.83 bits per heavy atom. The van der Waals surface area contributed by atoms with Gasteiger partial charge in [0.25, 0.3) is 5.56 Å². The Hall–Kier alpha value is -2.87. The molecule has 1 saturated heterocycles. The van der Waals surface area contributed by atoms with Crippen LogP contribution in [0.4, 0.5) is 11.5 Å². The number of halogens is 1. The summed E-state index contributed by atoms with van der Waals surface area (Å²) in [6.07, 6.45) is 2.18. The number of rotatable bonds is 4. The van der Waals surface area contributed by atoms with Gasteiger partial charge in [-0.05, 0) is 37.0 Å². The number of aryl methyl sites for hydroxylation is 1. The van der Waals surface area contributed by atoms with Gasteiger partial charge in [0.1, 0.15) is 17.9 Å². The van der Waals surface area contributed by atoms with Crippen LogP contribution < -0.4 is 15.8 Å². The van der Waals surface area contributed by atoms with Gasteiger partial charge < -0.3 is 14.6 Å². The van der Waals surface area contributed by atoms with Gasteiger partial charge in [0.2, 0.25) is 5.91 Å². The van der Waals surface area contributed by atoms with E-state index in [4.69, 9.17) is 16.0 Å². The SMILES string of the molecule is Cc1nc2cc(NC(=O)Cn3nc(N4CCC(C)CC4)ccc3=O)cc(Cl)c2o1. The monoisotopic (exact) mass is 415 g/mol. The topological polar surface area (TPSA) is 93.3 Å².